The minimum absolute atomic E-state index is 0.0294. The number of hydrogen-bond acceptors (Lipinski definition) is 3. The second kappa shape index (κ2) is 4.63. The van der Waals surface area contributed by atoms with Gasteiger partial charge >= 0.3 is 5.97 Å². The van der Waals surface area contributed by atoms with Crippen LogP contribution in [0.1, 0.15) is 16.1 Å². The lowest BCUT2D eigenvalue weighted by atomic mass is 10.1. The molecular formula is C12H9BrN2O2. The van der Waals surface area contributed by atoms with Crippen LogP contribution in [0, 0.1) is 6.92 Å². The maximum absolute atomic E-state index is 11.0. The summed E-state index contributed by atoms with van der Waals surface area (Å²) in [5, 5.41) is 8.99. The van der Waals surface area contributed by atoms with Crippen LogP contribution in [-0.2, 0) is 0 Å². The molecule has 0 atom stereocenters. The van der Waals surface area contributed by atoms with Crippen molar-refractivity contribution in [1.82, 2.24) is 9.97 Å². The molecule has 0 radical (unpaired) electrons. The topological polar surface area (TPSA) is 63.1 Å². The number of nitrogens with zero attached hydrogens (tertiary/aromatic N) is 2. The molecule has 2 rings (SSSR count). The molecule has 0 amide bonds. The first-order chi connectivity index (χ1) is 8.09. The highest BCUT2D eigenvalue weighted by atomic mass is 79.9. The van der Waals surface area contributed by atoms with Crippen molar-refractivity contribution < 1.29 is 9.90 Å². The van der Waals surface area contributed by atoms with E-state index >= 15 is 0 Å². The second-order valence-electron chi connectivity index (χ2n) is 3.51. The predicted octanol–water partition coefficient (Wildman–Crippen LogP) is 2.91. The summed E-state index contributed by atoms with van der Waals surface area (Å²) in [7, 11) is 0. The summed E-state index contributed by atoms with van der Waals surface area (Å²) in [6, 6.07) is 7.58. The van der Waals surface area contributed by atoms with Gasteiger partial charge in [0.05, 0.1) is 4.47 Å². The lowest BCUT2D eigenvalue weighted by molar-refractivity contribution is 0.0689. The van der Waals surface area contributed by atoms with Crippen LogP contribution in [0.5, 0.6) is 0 Å². The van der Waals surface area contributed by atoms with Gasteiger partial charge in [-0.2, -0.15) is 0 Å². The smallest absolute Gasteiger partial charge is 0.355 e. The van der Waals surface area contributed by atoms with E-state index < -0.39 is 5.97 Å². The number of benzene rings is 1. The number of hydrogen-bond donors (Lipinski definition) is 1. The highest BCUT2D eigenvalue weighted by Crippen LogP contribution is 2.22. The van der Waals surface area contributed by atoms with Gasteiger partial charge in [0.25, 0.3) is 0 Å². The van der Waals surface area contributed by atoms with E-state index in [4.69, 9.17) is 5.11 Å². The van der Waals surface area contributed by atoms with Crippen LogP contribution in [0.2, 0.25) is 0 Å². The molecule has 0 aliphatic heterocycles. The Labute approximate surface area is 106 Å². The van der Waals surface area contributed by atoms with Gasteiger partial charge in [-0.1, -0.05) is 24.3 Å². The molecule has 1 aromatic carbocycles. The fourth-order valence-electron chi connectivity index (χ4n) is 1.47. The molecule has 4 nitrogen and oxygen atoms in total. The van der Waals surface area contributed by atoms with Gasteiger partial charge < -0.3 is 5.11 Å². The van der Waals surface area contributed by atoms with Crippen molar-refractivity contribution >= 4 is 21.9 Å². The van der Waals surface area contributed by atoms with E-state index in [0.29, 0.717) is 10.3 Å². The van der Waals surface area contributed by atoms with Gasteiger partial charge in [0.2, 0.25) is 0 Å². The van der Waals surface area contributed by atoms with Crippen molar-refractivity contribution in [3.8, 4) is 11.4 Å². The largest absolute Gasteiger partial charge is 0.476 e. The predicted molar refractivity (Wildman–Crippen MR) is 66.9 cm³/mol. The van der Waals surface area contributed by atoms with E-state index in [9.17, 15) is 4.79 Å². The third-order valence-corrected chi connectivity index (χ3v) is 2.91. The molecule has 0 saturated carbocycles. The lowest BCUT2D eigenvalue weighted by Gasteiger charge is -2.05. The fourth-order valence-corrected chi connectivity index (χ4v) is 1.83. The Morgan fingerprint density at radius 3 is 2.71 bits per heavy atom. The number of carboxylic acid groups (broad SMARTS) is 1. The number of halogens is 1. The van der Waals surface area contributed by atoms with Crippen LogP contribution >= 0.6 is 15.9 Å². The molecule has 0 aliphatic carbocycles. The molecule has 5 heteroatoms. The maximum Gasteiger partial charge on any atom is 0.355 e. The Kier molecular flexibility index (Phi) is 3.19. The third kappa shape index (κ3) is 2.34. The zero-order chi connectivity index (χ0) is 12.4. The minimum Gasteiger partial charge on any atom is -0.476 e. The molecule has 86 valence electrons. The van der Waals surface area contributed by atoms with Crippen LogP contribution in [0.4, 0.5) is 0 Å². The molecule has 0 saturated heterocycles. The van der Waals surface area contributed by atoms with Gasteiger partial charge in [-0.05, 0) is 28.4 Å². The molecule has 2 aromatic rings. The van der Waals surface area contributed by atoms with E-state index in [1.54, 1.807) is 0 Å². The second-order valence-corrected chi connectivity index (χ2v) is 4.36. The molecule has 1 aromatic heterocycles. The quantitative estimate of drug-likeness (QED) is 0.924. The molecular weight excluding hydrogens is 284 g/mol. The molecule has 0 aliphatic rings. The van der Waals surface area contributed by atoms with Crippen LogP contribution in [-0.4, -0.2) is 21.0 Å². The van der Waals surface area contributed by atoms with E-state index in [1.165, 1.54) is 6.20 Å². The number of carboxylic acids is 1. The standard InChI is InChI=1S/C12H9BrN2O2/c1-7-4-2-3-5-8(7)11-14-6-9(13)10(15-11)12(16)17/h2-6H,1H3,(H,16,17). The van der Waals surface area contributed by atoms with E-state index in [2.05, 4.69) is 25.9 Å². The van der Waals surface area contributed by atoms with Crippen molar-refractivity contribution in [2.45, 2.75) is 6.92 Å². The van der Waals surface area contributed by atoms with Crippen molar-refractivity contribution in [3.05, 3.63) is 46.2 Å². The Bertz CT molecular complexity index is 584. The zero-order valence-corrected chi connectivity index (χ0v) is 10.6. The van der Waals surface area contributed by atoms with Crippen LogP contribution < -0.4 is 0 Å². The Balaban J connectivity index is 2.58. The van der Waals surface area contributed by atoms with Gasteiger partial charge in [0.1, 0.15) is 0 Å². The maximum atomic E-state index is 11.0. The van der Waals surface area contributed by atoms with E-state index in [1.807, 2.05) is 31.2 Å². The van der Waals surface area contributed by atoms with Crippen LogP contribution in [0.3, 0.4) is 0 Å². The van der Waals surface area contributed by atoms with Crippen LogP contribution in [0.25, 0.3) is 11.4 Å². The molecule has 1 N–H and O–H groups in total. The summed E-state index contributed by atoms with van der Waals surface area (Å²) in [5.41, 5.74) is 1.81. The number of aryl methyl sites for hydroxylation is 1. The van der Waals surface area contributed by atoms with E-state index in [0.717, 1.165) is 11.1 Å². The highest BCUT2D eigenvalue weighted by Gasteiger charge is 2.13. The first-order valence-electron chi connectivity index (χ1n) is 4.91. The molecule has 0 unspecified atom stereocenters. The first-order valence-corrected chi connectivity index (χ1v) is 5.70. The number of aromatic nitrogens is 2. The van der Waals surface area contributed by atoms with Crippen molar-refractivity contribution in [2.75, 3.05) is 0 Å². The third-order valence-electron chi connectivity index (χ3n) is 2.33. The molecule has 0 bridgehead atoms. The van der Waals surface area contributed by atoms with Crippen molar-refractivity contribution in [1.29, 1.82) is 0 Å². The van der Waals surface area contributed by atoms with Gasteiger partial charge in [0, 0.05) is 11.8 Å². The van der Waals surface area contributed by atoms with Gasteiger partial charge in [-0.15, -0.1) is 0 Å². The van der Waals surface area contributed by atoms with Crippen LogP contribution in [0.15, 0.2) is 34.9 Å². The summed E-state index contributed by atoms with van der Waals surface area (Å²) in [6.07, 6.45) is 1.46. The van der Waals surface area contributed by atoms with Crippen molar-refractivity contribution in [2.24, 2.45) is 0 Å². The minimum atomic E-state index is -1.07. The summed E-state index contributed by atoms with van der Waals surface area (Å²) >= 11 is 3.12. The molecule has 0 fully saturated rings. The highest BCUT2D eigenvalue weighted by molar-refractivity contribution is 9.10. The number of aromatic carboxylic acids is 1. The lowest BCUT2D eigenvalue weighted by Crippen LogP contribution is -2.04. The van der Waals surface area contributed by atoms with E-state index in [-0.39, 0.29) is 5.69 Å². The summed E-state index contributed by atoms with van der Waals surface area (Å²) in [6.45, 7) is 1.93. The SMILES string of the molecule is Cc1ccccc1-c1ncc(Br)c(C(=O)O)n1. The fraction of sp³-hybridized carbons (Fsp3) is 0.0833. The van der Waals surface area contributed by atoms with Gasteiger partial charge in [-0.3, -0.25) is 0 Å². The number of carbonyl (C=O) groups is 1. The van der Waals surface area contributed by atoms with Gasteiger partial charge in [-0.25, -0.2) is 14.8 Å². The zero-order valence-electron chi connectivity index (χ0n) is 9.01. The molecule has 0 spiro atoms. The Morgan fingerprint density at radius 2 is 2.06 bits per heavy atom. The van der Waals surface area contributed by atoms with Gasteiger partial charge in [0.15, 0.2) is 11.5 Å². The summed E-state index contributed by atoms with van der Waals surface area (Å²) in [5.74, 6) is -0.655. The normalized spacial score (nSPS) is 10.2. The number of rotatable bonds is 2. The average Bonchev–Trinajstić information content (AvgIpc) is 2.30. The molecule has 17 heavy (non-hydrogen) atoms. The Morgan fingerprint density at radius 1 is 1.35 bits per heavy atom. The summed E-state index contributed by atoms with van der Waals surface area (Å²) in [4.78, 5) is 19.1. The molecule has 1 heterocycles. The first kappa shape index (κ1) is 11.7. The Hall–Kier alpha value is -1.75. The summed E-state index contributed by atoms with van der Waals surface area (Å²) < 4.78 is 0.377. The monoisotopic (exact) mass is 292 g/mol. The average molecular weight is 293 g/mol. The van der Waals surface area contributed by atoms with Crippen molar-refractivity contribution in [3.63, 3.8) is 0 Å².